The SMILES string of the molecule is C[C@@H](N)CNc1ncc2cc(C(C)(C)O)c3nc4ccccc4n3c2n1. The molecule has 0 spiro atoms. The molecule has 4 aromatic rings. The maximum Gasteiger partial charge on any atom is 0.224 e. The summed E-state index contributed by atoms with van der Waals surface area (Å²) >= 11 is 0. The van der Waals surface area contributed by atoms with Gasteiger partial charge in [0.2, 0.25) is 5.95 Å². The molecule has 134 valence electrons. The number of aliphatic hydroxyl groups is 1. The van der Waals surface area contributed by atoms with E-state index in [0.29, 0.717) is 18.1 Å². The molecule has 0 radical (unpaired) electrons. The highest BCUT2D eigenvalue weighted by atomic mass is 16.3. The first-order valence-corrected chi connectivity index (χ1v) is 8.64. The van der Waals surface area contributed by atoms with E-state index in [1.54, 1.807) is 20.0 Å². The second-order valence-electron chi connectivity index (χ2n) is 7.21. The van der Waals surface area contributed by atoms with E-state index in [1.165, 1.54) is 0 Å². The smallest absolute Gasteiger partial charge is 0.224 e. The van der Waals surface area contributed by atoms with Crippen molar-refractivity contribution >= 4 is 33.7 Å². The van der Waals surface area contributed by atoms with Crippen LogP contribution in [0.2, 0.25) is 0 Å². The van der Waals surface area contributed by atoms with Gasteiger partial charge in [0.15, 0.2) is 5.65 Å². The Labute approximate surface area is 150 Å². The van der Waals surface area contributed by atoms with Crippen molar-refractivity contribution in [2.24, 2.45) is 5.73 Å². The molecule has 26 heavy (non-hydrogen) atoms. The highest BCUT2D eigenvalue weighted by molar-refractivity contribution is 5.90. The average molecular weight is 350 g/mol. The molecule has 7 heteroatoms. The van der Waals surface area contributed by atoms with Crippen molar-refractivity contribution in [3.8, 4) is 0 Å². The van der Waals surface area contributed by atoms with Gasteiger partial charge in [-0.25, -0.2) is 9.97 Å². The Kier molecular flexibility index (Phi) is 3.78. The van der Waals surface area contributed by atoms with E-state index in [2.05, 4.69) is 15.3 Å². The quantitative estimate of drug-likeness (QED) is 0.522. The summed E-state index contributed by atoms with van der Waals surface area (Å²) in [4.78, 5) is 13.8. The fourth-order valence-electron chi connectivity index (χ4n) is 3.09. The average Bonchev–Trinajstić information content (AvgIpc) is 2.97. The van der Waals surface area contributed by atoms with Gasteiger partial charge in [0, 0.05) is 29.7 Å². The van der Waals surface area contributed by atoms with Crippen molar-refractivity contribution in [1.82, 2.24) is 19.4 Å². The molecule has 0 fully saturated rings. The minimum Gasteiger partial charge on any atom is -0.386 e. The monoisotopic (exact) mass is 350 g/mol. The van der Waals surface area contributed by atoms with Crippen LogP contribution in [0.4, 0.5) is 5.95 Å². The summed E-state index contributed by atoms with van der Waals surface area (Å²) in [5.41, 5.74) is 8.74. The number of para-hydroxylation sites is 2. The minimum absolute atomic E-state index is 0.000884. The molecule has 0 aliphatic heterocycles. The van der Waals surface area contributed by atoms with Gasteiger partial charge in [-0.3, -0.25) is 4.40 Å². The first-order valence-electron chi connectivity index (χ1n) is 8.64. The number of imidazole rings is 1. The van der Waals surface area contributed by atoms with Gasteiger partial charge in [0.1, 0.15) is 5.65 Å². The normalized spacial score (nSPS) is 13.6. The molecule has 0 saturated heterocycles. The number of pyridine rings is 1. The van der Waals surface area contributed by atoms with E-state index in [4.69, 9.17) is 10.7 Å². The van der Waals surface area contributed by atoms with Crippen molar-refractivity contribution in [2.45, 2.75) is 32.4 Å². The van der Waals surface area contributed by atoms with Crippen LogP contribution in [-0.4, -0.2) is 37.0 Å². The van der Waals surface area contributed by atoms with Crippen molar-refractivity contribution in [2.75, 3.05) is 11.9 Å². The zero-order valence-electron chi connectivity index (χ0n) is 15.1. The molecule has 0 bridgehead atoms. The molecule has 1 aromatic carbocycles. The van der Waals surface area contributed by atoms with Crippen molar-refractivity contribution in [3.63, 3.8) is 0 Å². The summed E-state index contributed by atoms with van der Waals surface area (Å²) in [5.74, 6) is 0.518. The van der Waals surface area contributed by atoms with Crippen molar-refractivity contribution in [3.05, 3.63) is 42.1 Å². The van der Waals surface area contributed by atoms with E-state index < -0.39 is 5.60 Å². The molecule has 0 amide bonds. The molecule has 7 nitrogen and oxygen atoms in total. The van der Waals surface area contributed by atoms with Crippen LogP contribution >= 0.6 is 0 Å². The Morgan fingerprint density at radius 3 is 2.73 bits per heavy atom. The highest BCUT2D eigenvalue weighted by Gasteiger charge is 2.24. The second kappa shape index (κ2) is 5.89. The number of nitrogens with two attached hydrogens (primary N) is 1. The third-order valence-corrected chi connectivity index (χ3v) is 4.35. The number of nitrogens with zero attached hydrogens (tertiary/aromatic N) is 4. The predicted molar refractivity (Wildman–Crippen MR) is 103 cm³/mol. The summed E-state index contributed by atoms with van der Waals surface area (Å²) in [6, 6.07) is 9.78. The van der Waals surface area contributed by atoms with Crippen molar-refractivity contribution in [1.29, 1.82) is 0 Å². The molecule has 3 heterocycles. The molecule has 0 unspecified atom stereocenters. The molecule has 0 aliphatic carbocycles. The molecule has 4 rings (SSSR count). The fourth-order valence-corrected chi connectivity index (χ4v) is 3.09. The summed E-state index contributed by atoms with van der Waals surface area (Å²) in [5, 5.41) is 14.6. The molecule has 1 atom stereocenters. The lowest BCUT2D eigenvalue weighted by Gasteiger charge is -2.19. The van der Waals surface area contributed by atoms with E-state index in [1.807, 2.05) is 41.7 Å². The van der Waals surface area contributed by atoms with Crippen molar-refractivity contribution < 1.29 is 5.11 Å². The maximum absolute atomic E-state index is 10.7. The van der Waals surface area contributed by atoms with Crippen LogP contribution in [0.3, 0.4) is 0 Å². The molecular formula is C19H22N6O. The third-order valence-electron chi connectivity index (χ3n) is 4.35. The highest BCUT2D eigenvalue weighted by Crippen LogP contribution is 2.31. The third kappa shape index (κ3) is 2.75. The van der Waals surface area contributed by atoms with E-state index >= 15 is 0 Å². The van der Waals surface area contributed by atoms with E-state index in [9.17, 15) is 5.11 Å². The Morgan fingerprint density at radius 2 is 2.00 bits per heavy atom. The van der Waals surface area contributed by atoms with E-state index in [0.717, 1.165) is 27.6 Å². The second-order valence-corrected chi connectivity index (χ2v) is 7.21. The Balaban J connectivity index is 2.07. The van der Waals surface area contributed by atoms with Gasteiger partial charge in [-0.15, -0.1) is 0 Å². The summed E-state index contributed by atoms with van der Waals surface area (Å²) in [7, 11) is 0. The number of hydrogen-bond donors (Lipinski definition) is 3. The van der Waals surface area contributed by atoms with Gasteiger partial charge in [-0.05, 0) is 39.0 Å². The minimum atomic E-state index is -1.04. The number of rotatable bonds is 4. The topological polar surface area (TPSA) is 101 Å². The molecular weight excluding hydrogens is 328 g/mol. The fraction of sp³-hybridized carbons (Fsp3) is 0.316. The van der Waals surface area contributed by atoms with Crippen LogP contribution in [0, 0.1) is 0 Å². The van der Waals surface area contributed by atoms with Crippen LogP contribution in [0.15, 0.2) is 36.5 Å². The van der Waals surface area contributed by atoms with Gasteiger partial charge in [-0.2, -0.15) is 4.98 Å². The van der Waals surface area contributed by atoms with Gasteiger partial charge >= 0.3 is 0 Å². The van der Waals surface area contributed by atoms with Crippen LogP contribution in [-0.2, 0) is 5.60 Å². The Bertz CT molecular complexity index is 1110. The van der Waals surface area contributed by atoms with Gasteiger partial charge in [-0.1, -0.05) is 12.1 Å². The molecule has 4 N–H and O–H groups in total. The standard InChI is InChI=1S/C19H22N6O/c1-11(20)9-21-18-22-10-12-8-13(19(2,3)26)17-23-14-6-4-5-7-15(14)25(17)16(12)24-18/h4-8,10-11,26H,9,20H2,1-3H3,(H,21,22,24)/t11-/m1/s1. The van der Waals surface area contributed by atoms with E-state index in [-0.39, 0.29) is 6.04 Å². The largest absolute Gasteiger partial charge is 0.386 e. The van der Waals surface area contributed by atoms with Gasteiger partial charge < -0.3 is 16.2 Å². The van der Waals surface area contributed by atoms with Crippen LogP contribution in [0.1, 0.15) is 26.3 Å². The first kappa shape index (κ1) is 16.7. The molecule has 3 aromatic heterocycles. The lowest BCUT2D eigenvalue weighted by molar-refractivity contribution is 0.0798. The zero-order valence-corrected chi connectivity index (χ0v) is 15.1. The van der Waals surface area contributed by atoms with Gasteiger partial charge in [0.05, 0.1) is 16.6 Å². The number of aromatic nitrogens is 4. The lowest BCUT2D eigenvalue weighted by Crippen LogP contribution is -2.26. The zero-order chi connectivity index (χ0) is 18.5. The number of anilines is 1. The number of hydrogen-bond acceptors (Lipinski definition) is 6. The summed E-state index contributed by atoms with van der Waals surface area (Å²) in [6.45, 7) is 6.02. The predicted octanol–water partition coefficient (Wildman–Crippen LogP) is 2.42. The number of nitrogens with one attached hydrogen (secondary N) is 1. The number of benzene rings is 1. The van der Waals surface area contributed by atoms with Crippen LogP contribution in [0.25, 0.3) is 27.7 Å². The van der Waals surface area contributed by atoms with Crippen LogP contribution < -0.4 is 11.1 Å². The summed E-state index contributed by atoms with van der Waals surface area (Å²) < 4.78 is 1.98. The number of fused-ring (bicyclic) bond motifs is 5. The maximum atomic E-state index is 10.7. The first-order chi connectivity index (χ1) is 12.3. The van der Waals surface area contributed by atoms with Crippen LogP contribution in [0.5, 0.6) is 0 Å². The lowest BCUT2D eigenvalue weighted by atomic mass is 9.99. The van der Waals surface area contributed by atoms with Gasteiger partial charge in [0.25, 0.3) is 0 Å². The molecule has 0 aliphatic rings. The Hall–Kier alpha value is -2.77. The Morgan fingerprint density at radius 1 is 1.23 bits per heavy atom. The summed E-state index contributed by atoms with van der Waals surface area (Å²) in [6.07, 6.45) is 1.76. The molecule has 0 saturated carbocycles.